The average Bonchev–Trinajstić information content (AvgIpc) is 2.92. The van der Waals surface area contributed by atoms with E-state index in [0.29, 0.717) is 5.41 Å². The molecule has 2 aliphatic heterocycles. The number of aromatic nitrogens is 1. The Labute approximate surface area is 94.5 Å². The molecule has 1 N–H and O–H groups in total. The molecule has 82 valence electrons. The molecule has 2 saturated heterocycles. The normalized spacial score (nSPS) is 31.7. The average molecular weight is 223 g/mol. The molecule has 0 amide bonds. The van der Waals surface area contributed by atoms with Gasteiger partial charge in [0.1, 0.15) is 0 Å². The number of likely N-dealkylation sites (tertiary alicyclic amines) is 1. The molecule has 0 aliphatic carbocycles. The van der Waals surface area contributed by atoms with E-state index < -0.39 is 0 Å². The van der Waals surface area contributed by atoms with Crippen LogP contribution in [-0.4, -0.2) is 36.1 Å². The third-order valence-corrected chi connectivity index (χ3v) is 4.48. The molecule has 3 nitrogen and oxygen atoms in total. The zero-order chi connectivity index (χ0) is 10.1. The lowest BCUT2D eigenvalue weighted by atomic mass is 9.87. The minimum Gasteiger partial charge on any atom is -0.316 e. The van der Waals surface area contributed by atoms with Gasteiger partial charge in [0.05, 0.1) is 5.51 Å². The van der Waals surface area contributed by atoms with Gasteiger partial charge in [-0.05, 0) is 31.3 Å². The smallest absolute Gasteiger partial charge is 0.0794 e. The Kier molecular flexibility index (Phi) is 2.50. The lowest BCUT2D eigenvalue weighted by Gasteiger charge is -2.22. The molecule has 3 heterocycles. The van der Waals surface area contributed by atoms with Crippen molar-refractivity contribution in [3.05, 3.63) is 16.6 Å². The molecule has 1 atom stereocenters. The number of hydrogen-bond donors (Lipinski definition) is 1. The summed E-state index contributed by atoms with van der Waals surface area (Å²) in [5.41, 5.74) is 2.53. The summed E-state index contributed by atoms with van der Waals surface area (Å²) in [4.78, 5) is 8.12. The van der Waals surface area contributed by atoms with Gasteiger partial charge in [-0.2, -0.15) is 0 Å². The molecule has 1 aromatic heterocycles. The fourth-order valence-electron chi connectivity index (χ4n) is 2.85. The highest BCUT2D eigenvalue weighted by Crippen LogP contribution is 2.36. The largest absolute Gasteiger partial charge is 0.316 e. The van der Waals surface area contributed by atoms with Crippen molar-refractivity contribution in [1.29, 1.82) is 0 Å². The SMILES string of the molecule is c1ncc(CN2CCC3(CCNC3)C2)s1. The van der Waals surface area contributed by atoms with Crippen molar-refractivity contribution in [2.45, 2.75) is 19.4 Å². The maximum absolute atomic E-state index is 4.13. The first kappa shape index (κ1) is 9.75. The second-order valence-electron chi connectivity index (χ2n) is 4.86. The van der Waals surface area contributed by atoms with Crippen LogP contribution < -0.4 is 5.32 Å². The fourth-order valence-corrected chi connectivity index (χ4v) is 3.48. The van der Waals surface area contributed by atoms with E-state index in [1.54, 1.807) is 11.3 Å². The molecule has 3 rings (SSSR count). The molecule has 0 saturated carbocycles. The van der Waals surface area contributed by atoms with Gasteiger partial charge in [-0.3, -0.25) is 9.88 Å². The van der Waals surface area contributed by atoms with Crippen LogP contribution in [0.15, 0.2) is 11.7 Å². The molecule has 0 bridgehead atoms. The van der Waals surface area contributed by atoms with E-state index in [2.05, 4.69) is 15.2 Å². The summed E-state index contributed by atoms with van der Waals surface area (Å²) in [5, 5.41) is 3.50. The van der Waals surface area contributed by atoms with Gasteiger partial charge in [-0.1, -0.05) is 0 Å². The number of nitrogens with zero attached hydrogens (tertiary/aromatic N) is 2. The van der Waals surface area contributed by atoms with Crippen LogP contribution in [0.25, 0.3) is 0 Å². The third kappa shape index (κ3) is 1.94. The maximum Gasteiger partial charge on any atom is 0.0794 e. The molecule has 1 unspecified atom stereocenters. The molecule has 4 heteroatoms. The Morgan fingerprint density at radius 3 is 3.27 bits per heavy atom. The van der Waals surface area contributed by atoms with E-state index in [4.69, 9.17) is 0 Å². The summed E-state index contributed by atoms with van der Waals surface area (Å²) < 4.78 is 0. The van der Waals surface area contributed by atoms with Crippen LogP contribution in [0.4, 0.5) is 0 Å². The van der Waals surface area contributed by atoms with Crippen molar-refractivity contribution in [2.24, 2.45) is 5.41 Å². The highest BCUT2D eigenvalue weighted by molar-refractivity contribution is 7.09. The van der Waals surface area contributed by atoms with E-state index in [9.17, 15) is 0 Å². The number of thiazole rings is 1. The van der Waals surface area contributed by atoms with Crippen molar-refractivity contribution in [1.82, 2.24) is 15.2 Å². The van der Waals surface area contributed by atoms with Gasteiger partial charge in [-0.15, -0.1) is 11.3 Å². The number of nitrogens with one attached hydrogen (secondary N) is 1. The van der Waals surface area contributed by atoms with Crippen LogP contribution in [0.3, 0.4) is 0 Å². The Bertz CT molecular complexity index is 317. The fraction of sp³-hybridized carbons (Fsp3) is 0.727. The van der Waals surface area contributed by atoms with Crippen LogP contribution in [-0.2, 0) is 6.54 Å². The van der Waals surface area contributed by atoms with E-state index in [1.807, 2.05) is 11.7 Å². The van der Waals surface area contributed by atoms with Crippen LogP contribution in [0.1, 0.15) is 17.7 Å². The molecule has 15 heavy (non-hydrogen) atoms. The van der Waals surface area contributed by atoms with Gasteiger partial charge < -0.3 is 5.32 Å². The summed E-state index contributed by atoms with van der Waals surface area (Å²) in [6.45, 7) is 6.09. The van der Waals surface area contributed by atoms with E-state index in [0.717, 1.165) is 6.54 Å². The van der Waals surface area contributed by atoms with Crippen LogP contribution >= 0.6 is 11.3 Å². The van der Waals surface area contributed by atoms with Crippen LogP contribution in [0.5, 0.6) is 0 Å². The minimum absolute atomic E-state index is 0.602. The predicted molar refractivity (Wildman–Crippen MR) is 61.9 cm³/mol. The van der Waals surface area contributed by atoms with Crippen molar-refractivity contribution < 1.29 is 0 Å². The zero-order valence-corrected chi connectivity index (χ0v) is 9.72. The van der Waals surface area contributed by atoms with Crippen LogP contribution in [0.2, 0.25) is 0 Å². The highest BCUT2D eigenvalue weighted by atomic mass is 32.1. The third-order valence-electron chi connectivity index (χ3n) is 3.71. The summed E-state index contributed by atoms with van der Waals surface area (Å²) >= 11 is 1.77. The Hall–Kier alpha value is -0.450. The van der Waals surface area contributed by atoms with Gasteiger partial charge in [0.2, 0.25) is 0 Å². The molecule has 2 fully saturated rings. The van der Waals surface area contributed by atoms with Gasteiger partial charge >= 0.3 is 0 Å². The number of rotatable bonds is 2. The van der Waals surface area contributed by atoms with Crippen molar-refractivity contribution in [3.63, 3.8) is 0 Å². The number of hydrogen-bond acceptors (Lipinski definition) is 4. The monoisotopic (exact) mass is 223 g/mol. The van der Waals surface area contributed by atoms with E-state index in [-0.39, 0.29) is 0 Å². The van der Waals surface area contributed by atoms with Crippen molar-refractivity contribution in [2.75, 3.05) is 26.2 Å². The van der Waals surface area contributed by atoms with Crippen molar-refractivity contribution in [3.8, 4) is 0 Å². The zero-order valence-electron chi connectivity index (χ0n) is 8.91. The first-order valence-electron chi connectivity index (χ1n) is 5.67. The molecule has 2 aliphatic rings. The first-order valence-corrected chi connectivity index (χ1v) is 6.55. The van der Waals surface area contributed by atoms with Gasteiger partial charge in [0.25, 0.3) is 0 Å². The second kappa shape index (κ2) is 3.85. The summed E-state index contributed by atoms with van der Waals surface area (Å²) in [5.74, 6) is 0. The lowest BCUT2D eigenvalue weighted by Crippen LogP contribution is -2.28. The Morgan fingerprint density at radius 2 is 2.53 bits per heavy atom. The second-order valence-corrected chi connectivity index (χ2v) is 5.83. The molecular formula is C11H17N3S. The lowest BCUT2D eigenvalue weighted by molar-refractivity contribution is 0.270. The maximum atomic E-state index is 4.13. The highest BCUT2D eigenvalue weighted by Gasteiger charge is 2.40. The molecular weight excluding hydrogens is 206 g/mol. The van der Waals surface area contributed by atoms with Gasteiger partial charge in [0.15, 0.2) is 0 Å². The summed E-state index contributed by atoms with van der Waals surface area (Å²) in [6, 6.07) is 0. The topological polar surface area (TPSA) is 28.2 Å². The van der Waals surface area contributed by atoms with Crippen LogP contribution in [0, 0.1) is 5.41 Å². The Morgan fingerprint density at radius 1 is 1.53 bits per heavy atom. The summed E-state index contributed by atoms with van der Waals surface area (Å²) in [6.07, 6.45) is 4.74. The molecule has 1 aromatic rings. The van der Waals surface area contributed by atoms with Gasteiger partial charge in [-0.25, -0.2) is 0 Å². The van der Waals surface area contributed by atoms with E-state index >= 15 is 0 Å². The summed E-state index contributed by atoms with van der Waals surface area (Å²) in [7, 11) is 0. The standard InChI is InChI=1S/C11H17N3S/c1-3-12-7-11(1)2-4-14(8-11)6-10-5-13-9-15-10/h5,9,12H,1-4,6-8H2. The molecule has 0 aromatic carbocycles. The minimum atomic E-state index is 0.602. The predicted octanol–water partition coefficient (Wildman–Crippen LogP) is 1.33. The Balaban J connectivity index is 1.61. The van der Waals surface area contributed by atoms with Gasteiger partial charge in [0, 0.05) is 30.7 Å². The quantitative estimate of drug-likeness (QED) is 0.820. The molecule has 0 radical (unpaired) electrons. The van der Waals surface area contributed by atoms with Crippen molar-refractivity contribution >= 4 is 11.3 Å². The first-order chi connectivity index (χ1) is 7.36. The van der Waals surface area contributed by atoms with E-state index in [1.165, 1.54) is 43.9 Å². The molecule has 1 spiro atoms.